The van der Waals surface area contributed by atoms with Gasteiger partial charge in [-0.05, 0) is 39.5 Å². The first-order chi connectivity index (χ1) is 14.9. The minimum Gasteiger partial charge on any atom is -0.427 e. The van der Waals surface area contributed by atoms with E-state index in [9.17, 15) is 23.7 Å². The summed E-state index contributed by atoms with van der Waals surface area (Å²) < 4.78 is 22.8. The second-order valence-electron chi connectivity index (χ2n) is 9.42. The smallest absolute Gasteiger partial charge is 0.359 e. The van der Waals surface area contributed by atoms with Gasteiger partial charge in [-0.3, -0.25) is 18.7 Å². The number of amides is 1. The number of rotatable bonds is 9. The highest BCUT2D eigenvalue weighted by Gasteiger charge is 2.58. The Morgan fingerprint density at radius 2 is 2.00 bits per heavy atom. The number of hydrogen-bond donors (Lipinski definition) is 1. The van der Waals surface area contributed by atoms with Gasteiger partial charge < -0.3 is 14.6 Å². The van der Waals surface area contributed by atoms with Crippen molar-refractivity contribution in [2.45, 2.75) is 64.2 Å². The fraction of sp³-hybridized carbons (Fsp3) is 0.762. The third-order valence-corrected chi connectivity index (χ3v) is 10.2. The number of aliphatic hydroxyl groups is 1. The molecule has 2 saturated heterocycles. The van der Waals surface area contributed by atoms with Crippen LogP contribution in [0.4, 0.5) is 0 Å². The molecule has 1 amide bonds. The number of nitrogens with zero attached hydrogens (tertiary/aromatic N) is 1. The fourth-order valence-corrected chi connectivity index (χ4v) is 9.46. The van der Waals surface area contributed by atoms with E-state index in [0.29, 0.717) is 28.1 Å². The van der Waals surface area contributed by atoms with E-state index in [0.717, 1.165) is 6.42 Å². The molecule has 3 aliphatic rings. The highest BCUT2D eigenvalue weighted by molar-refractivity contribution is 8.23. The lowest BCUT2D eigenvalue weighted by Gasteiger charge is -2.43. The molecule has 2 fully saturated rings. The number of hydrogen-bond acceptors (Lipinski definition) is 9. The van der Waals surface area contributed by atoms with Crippen LogP contribution < -0.4 is 0 Å². The van der Waals surface area contributed by atoms with Gasteiger partial charge >= 0.3 is 11.9 Å². The third kappa shape index (κ3) is 5.37. The Morgan fingerprint density at radius 1 is 1.31 bits per heavy atom. The van der Waals surface area contributed by atoms with Gasteiger partial charge in [0.1, 0.15) is 5.37 Å². The number of β-lactam (4-membered cyclic amide) rings is 1. The zero-order chi connectivity index (χ0) is 23.8. The molecule has 32 heavy (non-hydrogen) atoms. The molecule has 3 heterocycles. The SMILES string of the molecule is CC(C)CC(C)(C)C(=O)OCOC(=O)C1=C(S[C@H]2CC[S@@](=O)C2)S[C@@H]2[C@@H]([C@@H](C)O)C(=O)N12. The lowest BCUT2D eigenvalue weighted by Crippen LogP contribution is -2.60. The van der Waals surface area contributed by atoms with Gasteiger partial charge in [0.2, 0.25) is 12.7 Å². The van der Waals surface area contributed by atoms with Gasteiger partial charge in [-0.25, -0.2) is 4.79 Å². The molecule has 1 N–H and O–H groups in total. The normalized spacial score (nSPS) is 28.6. The molecule has 0 unspecified atom stereocenters. The summed E-state index contributed by atoms with van der Waals surface area (Å²) in [6.45, 7) is 8.62. The van der Waals surface area contributed by atoms with Gasteiger partial charge in [-0.2, -0.15) is 0 Å². The van der Waals surface area contributed by atoms with Crippen molar-refractivity contribution >= 4 is 52.2 Å². The Kier molecular flexibility index (Phi) is 8.05. The first-order valence-electron chi connectivity index (χ1n) is 10.7. The number of thioether (sulfide) groups is 2. The number of carbonyl (C=O) groups excluding carboxylic acids is 3. The molecule has 8 nitrogen and oxygen atoms in total. The van der Waals surface area contributed by atoms with Crippen LogP contribution in [0.1, 0.15) is 47.5 Å². The largest absolute Gasteiger partial charge is 0.427 e. The average molecular weight is 506 g/mol. The summed E-state index contributed by atoms with van der Waals surface area (Å²) in [5, 5.41) is 9.68. The van der Waals surface area contributed by atoms with Crippen LogP contribution >= 0.6 is 23.5 Å². The summed E-state index contributed by atoms with van der Waals surface area (Å²) in [6, 6.07) is 0. The van der Waals surface area contributed by atoms with Crippen molar-refractivity contribution in [1.29, 1.82) is 0 Å². The summed E-state index contributed by atoms with van der Waals surface area (Å²) in [4.78, 5) is 39.3. The van der Waals surface area contributed by atoms with Crippen molar-refractivity contribution in [2.24, 2.45) is 17.3 Å². The first-order valence-corrected chi connectivity index (χ1v) is 13.9. The molecule has 0 bridgehead atoms. The van der Waals surface area contributed by atoms with Crippen molar-refractivity contribution in [3.8, 4) is 0 Å². The van der Waals surface area contributed by atoms with Crippen LogP contribution in [0.5, 0.6) is 0 Å². The van der Waals surface area contributed by atoms with Gasteiger partial charge in [0, 0.05) is 27.6 Å². The van der Waals surface area contributed by atoms with E-state index in [1.165, 1.54) is 28.4 Å². The molecule has 180 valence electrons. The lowest BCUT2D eigenvalue weighted by molar-refractivity contribution is -0.175. The molecular weight excluding hydrogens is 474 g/mol. The molecule has 0 aliphatic carbocycles. The number of carbonyl (C=O) groups is 3. The predicted molar refractivity (Wildman–Crippen MR) is 125 cm³/mol. The Hall–Kier alpha value is -1.04. The maximum absolute atomic E-state index is 12.9. The average Bonchev–Trinajstić information content (AvgIpc) is 3.21. The molecule has 0 spiro atoms. The second-order valence-corrected chi connectivity index (χ2v) is 13.7. The topological polar surface area (TPSA) is 110 Å². The van der Waals surface area contributed by atoms with E-state index in [2.05, 4.69) is 0 Å². The highest BCUT2D eigenvalue weighted by Crippen LogP contribution is 2.55. The van der Waals surface area contributed by atoms with Gasteiger partial charge in [-0.1, -0.05) is 25.6 Å². The Labute approximate surface area is 199 Å². The van der Waals surface area contributed by atoms with Crippen LogP contribution in [0.15, 0.2) is 9.93 Å². The van der Waals surface area contributed by atoms with E-state index >= 15 is 0 Å². The molecule has 0 aromatic carbocycles. The van der Waals surface area contributed by atoms with Crippen LogP contribution in [-0.2, 0) is 34.7 Å². The Balaban J connectivity index is 1.67. The number of esters is 2. The number of fused-ring (bicyclic) bond motifs is 1. The summed E-state index contributed by atoms with van der Waals surface area (Å²) >= 11 is 2.79. The molecule has 3 rings (SSSR count). The van der Waals surface area contributed by atoms with Gasteiger partial charge in [0.25, 0.3) is 0 Å². The molecular formula is C21H31NO7S3. The molecule has 0 aromatic rings. The minimum atomic E-state index is -0.868. The summed E-state index contributed by atoms with van der Waals surface area (Å²) in [6.07, 6.45) is 0.571. The van der Waals surface area contributed by atoms with Gasteiger partial charge in [0.15, 0.2) is 5.70 Å². The molecule has 3 aliphatic heterocycles. The molecule has 0 saturated carbocycles. The minimum absolute atomic E-state index is 0.0922. The fourth-order valence-electron chi connectivity index (χ4n) is 4.21. The second kappa shape index (κ2) is 10.1. The third-order valence-electron chi connectivity index (χ3n) is 5.62. The molecule has 11 heteroatoms. The van der Waals surface area contributed by atoms with E-state index in [4.69, 9.17) is 9.47 Å². The van der Waals surface area contributed by atoms with Crippen LogP contribution in [0, 0.1) is 17.3 Å². The molecule has 5 atom stereocenters. The quantitative estimate of drug-likeness (QED) is 0.287. The molecule has 0 radical (unpaired) electrons. The van der Waals surface area contributed by atoms with E-state index in [-0.39, 0.29) is 22.2 Å². The Bertz CT molecular complexity index is 839. The summed E-state index contributed by atoms with van der Waals surface area (Å²) in [5.74, 6) is -0.644. The Morgan fingerprint density at radius 3 is 2.56 bits per heavy atom. The van der Waals surface area contributed by atoms with Crippen molar-refractivity contribution in [3.05, 3.63) is 9.93 Å². The predicted octanol–water partition coefficient (Wildman–Crippen LogP) is 2.44. The van der Waals surface area contributed by atoms with Crippen molar-refractivity contribution in [1.82, 2.24) is 4.90 Å². The zero-order valence-electron chi connectivity index (χ0n) is 19.0. The number of aliphatic hydroxyl groups excluding tert-OH is 1. The van der Waals surface area contributed by atoms with Crippen molar-refractivity contribution < 1.29 is 33.2 Å². The maximum Gasteiger partial charge on any atom is 0.359 e. The van der Waals surface area contributed by atoms with E-state index in [1.807, 2.05) is 13.8 Å². The van der Waals surface area contributed by atoms with E-state index < -0.39 is 47.0 Å². The zero-order valence-corrected chi connectivity index (χ0v) is 21.4. The van der Waals surface area contributed by atoms with Crippen LogP contribution in [0.3, 0.4) is 0 Å². The first kappa shape index (κ1) is 25.6. The maximum atomic E-state index is 12.9. The summed E-state index contributed by atoms with van der Waals surface area (Å²) in [7, 11) is -0.868. The lowest BCUT2D eigenvalue weighted by atomic mass is 9.84. The summed E-state index contributed by atoms with van der Waals surface area (Å²) in [5.41, 5.74) is -0.576. The van der Waals surface area contributed by atoms with Crippen molar-refractivity contribution in [3.63, 3.8) is 0 Å². The van der Waals surface area contributed by atoms with Gasteiger partial charge in [0.05, 0.1) is 21.7 Å². The number of ether oxygens (including phenoxy) is 2. The molecule has 0 aromatic heterocycles. The van der Waals surface area contributed by atoms with Gasteiger partial charge in [-0.15, -0.1) is 11.8 Å². The highest BCUT2D eigenvalue weighted by atomic mass is 32.2. The van der Waals surface area contributed by atoms with Crippen molar-refractivity contribution in [2.75, 3.05) is 18.3 Å². The van der Waals surface area contributed by atoms with E-state index in [1.54, 1.807) is 20.8 Å². The van der Waals surface area contributed by atoms with Crippen LogP contribution in [0.25, 0.3) is 0 Å². The standard InChI is InChI=1S/C21H31NO7S3/c1-11(2)8-21(4,5)20(26)29-10-28-18(25)15-19(30-13-6-7-32(27)9-13)31-17-14(12(3)23)16(24)22(15)17/h11-14,17,23H,6-10H2,1-5H3/t12-,13+,14+,17-,32-/m1/s1. The van der Waals surface area contributed by atoms with Crippen LogP contribution in [0.2, 0.25) is 0 Å². The van der Waals surface area contributed by atoms with Crippen LogP contribution in [-0.4, -0.2) is 67.1 Å². The monoisotopic (exact) mass is 505 g/mol.